The maximum Gasteiger partial charge on any atom is 0.270 e. The number of para-hydroxylation sites is 1. The van der Waals surface area contributed by atoms with E-state index in [0.29, 0.717) is 18.7 Å². The van der Waals surface area contributed by atoms with Crippen molar-refractivity contribution in [2.75, 3.05) is 18.1 Å². The summed E-state index contributed by atoms with van der Waals surface area (Å²) in [4.78, 5) is 17.8. The van der Waals surface area contributed by atoms with Gasteiger partial charge in [0, 0.05) is 23.5 Å². The van der Waals surface area contributed by atoms with E-state index in [2.05, 4.69) is 11.9 Å². The molecule has 0 aliphatic carbocycles. The van der Waals surface area contributed by atoms with E-state index < -0.39 is 9.84 Å². The van der Waals surface area contributed by atoms with E-state index in [1.807, 2.05) is 30.3 Å². The normalized spacial score (nSPS) is 20.0. The molecule has 23 heavy (non-hydrogen) atoms. The molecular weight excluding hydrogens is 312 g/mol. The van der Waals surface area contributed by atoms with Crippen molar-refractivity contribution in [1.82, 2.24) is 9.88 Å². The Morgan fingerprint density at radius 1 is 1.35 bits per heavy atom. The highest BCUT2D eigenvalue weighted by Gasteiger charge is 2.35. The highest BCUT2D eigenvalue weighted by atomic mass is 32.2. The van der Waals surface area contributed by atoms with Gasteiger partial charge in [0.15, 0.2) is 9.84 Å². The lowest BCUT2D eigenvalue weighted by Gasteiger charge is -2.27. The van der Waals surface area contributed by atoms with Crippen LogP contribution in [-0.2, 0) is 9.84 Å². The fraction of sp³-hybridized carbons (Fsp3) is 0.471. The predicted molar refractivity (Wildman–Crippen MR) is 91.3 cm³/mol. The van der Waals surface area contributed by atoms with Crippen LogP contribution in [0.4, 0.5) is 0 Å². The van der Waals surface area contributed by atoms with Gasteiger partial charge in [-0.1, -0.05) is 31.5 Å². The Hall–Kier alpha value is -1.82. The number of carbonyl (C=O) groups is 1. The molecule has 1 aliphatic heterocycles. The van der Waals surface area contributed by atoms with Crippen LogP contribution >= 0.6 is 0 Å². The minimum absolute atomic E-state index is 0.0860. The van der Waals surface area contributed by atoms with Gasteiger partial charge in [0.1, 0.15) is 5.69 Å². The Kier molecular flexibility index (Phi) is 4.43. The van der Waals surface area contributed by atoms with Crippen LogP contribution in [0.1, 0.15) is 36.7 Å². The first-order valence-electron chi connectivity index (χ1n) is 8.09. The van der Waals surface area contributed by atoms with Crippen molar-refractivity contribution in [3.05, 3.63) is 36.0 Å². The summed E-state index contributed by atoms with van der Waals surface area (Å²) in [6.07, 6.45) is 2.39. The van der Waals surface area contributed by atoms with Crippen LogP contribution in [0.2, 0.25) is 0 Å². The molecule has 1 N–H and O–H groups in total. The third-order valence-electron chi connectivity index (χ3n) is 4.42. The van der Waals surface area contributed by atoms with Crippen LogP contribution in [0.25, 0.3) is 10.9 Å². The molecule has 5 nitrogen and oxygen atoms in total. The molecule has 1 atom stereocenters. The van der Waals surface area contributed by atoms with E-state index in [-0.39, 0.29) is 23.5 Å². The van der Waals surface area contributed by atoms with Gasteiger partial charge in [0.05, 0.1) is 11.5 Å². The van der Waals surface area contributed by atoms with Gasteiger partial charge in [-0.3, -0.25) is 4.79 Å². The SMILES string of the molecule is CCCCN(C(=O)c1cc2ccccc2[nH]1)C1CCS(=O)(=O)C1. The number of hydrogen-bond acceptors (Lipinski definition) is 3. The summed E-state index contributed by atoms with van der Waals surface area (Å²) in [5.41, 5.74) is 1.46. The molecule has 1 aliphatic rings. The predicted octanol–water partition coefficient (Wildman–Crippen LogP) is 2.60. The fourth-order valence-corrected chi connectivity index (χ4v) is 4.87. The van der Waals surface area contributed by atoms with Crippen LogP contribution in [0.15, 0.2) is 30.3 Å². The molecule has 0 spiro atoms. The number of hydrogen-bond donors (Lipinski definition) is 1. The molecule has 6 heteroatoms. The molecule has 2 heterocycles. The average Bonchev–Trinajstić information content (AvgIpc) is 3.10. The minimum Gasteiger partial charge on any atom is -0.351 e. The van der Waals surface area contributed by atoms with Crippen LogP contribution in [-0.4, -0.2) is 48.3 Å². The van der Waals surface area contributed by atoms with Crippen LogP contribution in [0.3, 0.4) is 0 Å². The highest BCUT2D eigenvalue weighted by molar-refractivity contribution is 7.91. The number of H-pyrrole nitrogens is 1. The van der Waals surface area contributed by atoms with Gasteiger partial charge in [-0.05, 0) is 25.0 Å². The first-order valence-corrected chi connectivity index (χ1v) is 9.91. The maximum absolute atomic E-state index is 12.9. The number of aromatic amines is 1. The van der Waals surface area contributed by atoms with Crippen LogP contribution in [0.5, 0.6) is 0 Å². The second-order valence-electron chi connectivity index (χ2n) is 6.18. The molecular formula is C17H22N2O3S. The molecule has 1 fully saturated rings. The second kappa shape index (κ2) is 6.35. The zero-order valence-electron chi connectivity index (χ0n) is 13.3. The fourth-order valence-electron chi connectivity index (χ4n) is 3.14. The highest BCUT2D eigenvalue weighted by Crippen LogP contribution is 2.22. The van der Waals surface area contributed by atoms with Gasteiger partial charge >= 0.3 is 0 Å². The van der Waals surface area contributed by atoms with Gasteiger partial charge < -0.3 is 9.88 Å². The number of fused-ring (bicyclic) bond motifs is 1. The summed E-state index contributed by atoms with van der Waals surface area (Å²) in [5.74, 6) is 0.167. The molecule has 0 bridgehead atoms. The monoisotopic (exact) mass is 334 g/mol. The van der Waals surface area contributed by atoms with Crippen LogP contribution in [0, 0.1) is 0 Å². The Balaban J connectivity index is 1.87. The van der Waals surface area contributed by atoms with E-state index in [9.17, 15) is 13.2 Å². The molecule has 2 aromatic rings. The molecule has 1 unspecified atom stereocenters. The summed E-state index contributed by atoms with van der Waals surface area (Å²) in [6, 6.07) is 9.39. The maximum atomic E-state index is 12.9. The Morgan fingerprint density at radius 2 is 2.13 bits per heavy atom. The Morgan fingerprint density at radius 3 is 2.78 bits per heavy atom. The molecule has 0 saturated carbocycles. The zero-order valence-corrected chi connectivity index (χ0v) is 14.1. The van der Waals surface area contributed by atoms with Gasteiger partial charge in [-0.15, -0.1) is 0 Å². The Labute approximate surface area is 136 Å². The molecule has 1 saturated heterocycles. The van der Waals surface area contributed by atoms with E-state index in [1.54, 1.807) is 4.90 Å². The average molecular weight is 334 g/mol. The number of carbonyl (C=O) groups excluding carboxylic acids is 1. The first-order chi connectivity index (χ1) is 11.0. The van der Waals surface area contributed by atoms with E-state index in [4.69, 9.17) is 0 Å². The first kappa shape index (κ1) is 16.1. The number of aromatic nitrogens is 1. The lowest BCUT2D eigenvalue weighted by Crippen LogP contribution is -2.41. The van der Waals surface area contributed by atoms with Crippen molar-refractivity contribution in [1.29, 1.82) is 0 Å². The zero-order chi connectivity index (χ0) is 16.4. The van der Waals surface area contributed by atoms with Crippen molar-refractivity contribution in [2.45, 2.75) is 32.2 Å². The van der Waals surface area contributed by atoms with Crippen molar-refractivity contribution in [3.63, 3.8) is 0 Å². The van der Waals surface area contributed by atoms with Crippen LogP contribution < -0.4 is 0 Å². The topological polar surface area (TPSA) is 70.2 Å². The van der Waals surface area contributed by atoms with Crippen molar-refractivity contribution >= 4 is 26.6 Å². The second-order valence-corrected chi connectivity index (χ2v) is 8.41. The van der Waals surface area contributed by atoms with E-state index in [1.165, 1.54) is 0 Å². The number of benzene rings is 1. The molecule has 1 amide bonds. The molecule has 0 radical (unpaired) electrons. The number of sulfone groups is 1. The summed E-state index contributed by atoms with van der Waals surface area (Å²) < 4.78 is 23.5. The molecule has 3 rings (SSSR count). The summed E-state index contributed by atoms with van der Waals surface area (Å²) in [7, 11) is -3.01. The third kappa shape index (κ3) is 3.42. The number of unbranched alkanes of at least 4 members (excludes halogenated alkanes) is 1. The lowest BCUT2D eigenvalue weighted by molar-refractivity contribution is 0.0689. The van der Waals surface area contributed by atoms with Gasteiger partial charge in [-0.2, -0.15) is 0 Å². The standard InChI is InChI=1S/C17H22N2O3S/c1-2-3-9-19(14-8-10-23(21,22)12-14)17(20)16-11-13-6-4-5-7-15(13)18-16/h4-7,11,14,18H,2-3,8-10,12H2,1H3. The van der Waals surface area contributed by atoms with Gasteiger partial charge in [0.2, 0.25) is 0 Å². The molecule has 124 valence electrons. The third-order valence-corrected chi connectivity index (χ3v) is 6.17. The number of nitrogens with zero attached hydrogens (tertiary/aromatic N) is 1. The molecule has 1 aromatic heterocycles. The quantitative estimate of drug-likeness (QED) is 0.913. The lowest BCUT2D eigenvalue weighted by atomic mass is 10.1. The van der Waals surface area contributed by atoms with Crippen molar-refractivity contribution in [3.8, 4) is 0 Å². The number of rotatable bonds is 5. The largest absolute Gasteiger partial charge is 0.351 e. The Bertz CT molecular complexity index is 777. The number of amides is 1. The number of nitrogens with one attached hydrogen (secondary N) is 1. The van der Waals surface area contributed by atoms with Gasteiger partial charge in [0.25, 0.3) is 5.91 Å². The van der Waals surface area contributed by atoms with E-state index >= 15 is 0 Å². The molecule has 1 aromatic carbocycles. The minimum atomic E-state index is -3.01. The summed E-state index contributed by atoms with van der Waals surface area (Å²) in [5, 5.41) is 0.991. The van der Waals surface area contributed by atoms with Gasteiger partial charge in [-0.25, -0.2) is 8.42 Å². The smallest absolute Gasteiger partial charge is 0.270 e. The summed E-state index contributed by atoms with van der Waals surface area (Å²) >= 11 is 0. The van der Waals surface area contributed by atoms with E-state index in [0.717, 1.165) is 23.7 Å². The van der Waals surface area contributed by atoms with Crippen molar-refractivity contribution in [2.24, 2.45) is 0 Å². The van der Waals surface area contributed by atoms with Crippen molar-refractivity contribution < 1.29 is 13.2 Å². The summed E-state index contributed by atoms with van der Waals surface area (Å²) in [6.45, 7) is 2.67.